The molecule has 146 valence electrons. The maximum atomic E-state index is 12.4. The average Bonchev–Trinajstić information content (AvgIpc) is 2.62. The fourth-order valence-corrected chi connectivity index (χ4v) is 3.16. The van der Waals surface area contributed by atoms with Gasteiger partial charge in [0.1, 0.15) is 11.6 Å². The van der Waals surface area contributed by atoms with Gasteiger partial charge >= 0.3 is 0 Å². The molecule has 0 spiro atoms. The Balaban J connectivity index is 1.76. The quantitative estimate of drug-likeness (QED) is 0.306. The Kier molecular flexibility index (Phi) is 5.90. The predicted octanol–water partition coefficient (Wildman–Crippen LogP) is -0.116. The largest absolute Gasteiger partial charge is 0.362 e. The number of nitrogens with zero attached hydrogens (tertiary/aromatic N) is 1. The van der Waals surface area contributed by atoms with Crippen molar-refractivity contribution in [3.8, 4) is 0 Å². The molecule has 0 aliphatic carbocycles. The predicted molar refractivity (Wildman–Crippen MR) is 105 cm³/mol. The van der Waals surface area contributed by atoms with E-state index in [1.54, 1.807) is 24.3 Å². The molecule has 2 heterocycles. The highest BCUT2D eigenvalue weighted by atomic mass is 35.5. The Morgan fingerprint density at radius 1 is 1.25 bits per heavy atom. The lowest BCUT2D eigenvalue weighted by Gasteiger charge is -2.34. The van der Waals surface area contributed by atoms with E-state index in [9.17, 15) is 19.2 Å². The first-order chi connectivity index (χ1) is 13.3. The lowest BCUT2D eigenvalue weighted by atomic mass is 10.1. The molecule has 2 saturated heterocycles. The van der Waals surface area contributed by atoms with Crippen LogP contribution in [-0.2, 0) is 19.2 Å². The van der Waals surface area contributed by atoms with Crippen molar-refractivity contribution in [1.29, 1.82) is 0 Å². The molecule has 0 radical (unpaired) electrons. The number of hydrogen-bond acceptors (Lipinski definition) is 6. The minimum Gasteiger partial charge on any atom is -0.362 e. The number of carbonyl (C=O) groups excluding carboxylic acids is 4. The minimum absolute atomic E-state index is 0.0841. The molecule has 1 aromatic rings. The number of nitrogens with one attached hydrogen (secondary N) is 4. The number of para-hydroxylation sites is 1. The topological polar surface area (TPSA) is 120 Å². The number of hydrogen-bond donors (Lipinski definition) is 4. The van der Waals surface area contributed by atoms with Gasteiger partial charge in [0, 0.05) is 19.3 Å². The smallest absolute Gasteiger partial charge is 0.264 e. The van der Waals surface area contributed by atoms with Crippen molar-refractivity contribution < 1.29 is 19.2 Å². The van der Waals surface area contributed by atoms with Crippen LogP contribution in [0.3, 0.4) is 0 Å². The Morgan fingerprint density at radius 3 is 2.61 bits per heavy atom. The summed E-state index contributed by atoms with van der Waals surface area (Å²) in [4.78, 5) is 50.3. The van der Waals surface area contributed by atoms with Gasteiger partial charge < -0.3 is 15.5 Å². The van der Waals surface area contributed by atoms with Gasteiger partial charge in [0.15, 0.2) is 5.11 Å². The molecule has 11 heteroatoms. The van der Waals surface area contributed by atoms with Crippen LogP contribution in [-0.4, -0.2) is 52.8 Å². The van der Waals surface area contributed by atoms with Crippen molar-refractivity contribution in [2.45, 2.75) is 12.5 Å². The van der Waals surface area contributed by atoms with Gasteiger partial charge in [-0.3, -0.25) is 29.8 Å². The van der Waals surface area contributed by atoms with Crippen LogP contribution < -0.4 is 21.3 Å². The molecule has 4 N–H and O–H groups in total. The van der Waals surface area contributed by atoms with E-state index in [1.807, 2.05) is 0 Å². The summed E-state index contributed by atoms with van der Waals surface area (Å²) in [5.41, 5.74) is 0.231. The van der Waals surface area contributed by atoms with Crippen LogP contribution in [0.4, 0.5) is 5.69 Å². The highest BCUT2D eigenvalue weighted by Crippen LogP contribution is 2.21. The molecule has 2 aliphatic rings. The maximum Gasteiger partial charge on any atom is 0.264 e. The molecule has 0 unspecified atom stereocenters. The number of thiocarbonyl (C=S) groups is 1. The van der Waals surface area contributed by atoms with Crippen molar-refractivity contribution >= 4 is 58.2 Å². The normalized spacial score (nSPS) is 19.5. The summed E-state index contributed by atoms with van der Waals surface area (Å²) in [6, 6.07) is 5.83. The molecule has 28 heavy (non-hydrogen) atoms. The van der Waals surface area contributed by atoms with E-state index in [4.69, 9.17) is 23.8 Å². The molecule has 0 bridgehead atoms. The zero-order chi connectivity index (χ0) is 20.3. The Labute approximate surface area is 170 Å². The van der Waals surface area contributed by atoms with Gasteiger partial charge in [-0.1, -0.05) is 23.7 Å². The molecule has 1 aromatic carbocycles. The van der Waals surface area contributed by atoms with Gasteiger partial charge in [-0.05, 0) is 24.4 Å². The summed E-state index contributed by atoms with van der Waals surface area (Å²) in [6.45, 7) is 0.636. The molecule has 0 saturated carbocycles. The van der Waals surface area contributed by atoms with E-state index in [0.717, 1.165) is 0 Å². The number of benzene rings is 1. The standard InChI is InChI=1S/C17H16ClN5O4S/c18-10-3-1-2-4-11(10)20-13(24)7-12-16(27)19-5-6-23(12)8-9-14(25)21-17(28)22-15(9)26/h1-4,8,12H,5-7H2,(H,19,27)(H,20,24)(H2,21,22,25,26,28)/t12-/m0/s1. The number of rotatable bonds is 4. The number of halogens is 1. The molecular weight excluding hydrogens is 406 g/mol. The molecular formula is C17H16ClN5O4S. The van der Waals surface area contributed by atoms with Crippen molar-refractivity contribution in [3.05, 3.63) is 41.1 Å². The minimum atomic E-state index is -0.891. The van der Waals surface area contributed by atoms with Gasteiger partial charge in [0.05, 0.1) is 17.1 Å². The average molecular weight is 422 g/mol. The highest BCUT2D eigenvalue weighted by Gasteiger charge is 2.33. The SMILES string of the molecule is O=C(C[C@H]1C(=O)NCCN1C=C1C(=O)NC(=S)NC1=O)Nc1ccccc1Cl. The van der Waals surface area contributed by atoms with Gasteiger partial charge in [-0.2, -0.15) is 0 Å². The molecule has 0 aromatic heterocycles. The molecule has 3 rings (SSSR count). The van der Waals surface area contributed by atoms with Crippen molar-refractivity contribution in [1.82, 2.24) is 20.9 Å². The zero-order valence-electron chi connectivity index (χ0n) is 14.5. The lowest BCUT2D eigenvalue weighted by Crippen LogP contribution is -2.56. The van der Waals surface area contributed by atoms with Crippen LogP contribution in [0.1, 0.15) is 6.42 Å². The first-order valence-corrected chi connectivity index (χ1v) is 9.10. The second kappa shape index (κ2) is 8.36. The first-order valence-electron chi connectivity index (χ1n) is 8.31. The summed E-state index contributed by atoms with van der Waals surface area (Å²) in [6.07, 6.45) is 1.08. The van der Waals surface area contributed by atoms with Crippen molar-refractivity contribution in [2.75, 3.05) is 18.4 Å². The number of piperazine rings is 1. The summed E-state index contributed by atoms with van der Waals surface area (Å²) in [5, 5.41) is 10.3. The number of carbonyl (C=O) groups is 4. The number of anilines is 1. The Bertz CT molecular complexity index is 881. The molecule has 9 nitrogen and oxygen atoms in total. The second-order valence-corrected chi connectivity index (χ2v) is 6.87. The van der Waals surface area contributed by atoms with Crippen LogP contribution in [0.5, 0.6) is 0 Å². The van der Waals surface area contributed by atoms with Crippen LogP contribution >= 0.6 is 23.8 Å². The first kappa shape index (κ1) is 19.8. The van der Waals surface area contributed by atoms with E-state index in [1.165, 1.54) is 11.1 Å². The fourth-order valence-electron chi connectivity index (χ4n) is 2.79. The van der Waals surface area contributed by atoms with Crippen molar-refractivity contribution in [3.63, 3.8) is 0 Å². The van der Waals surface area contributed by atoms with E-state index in [0.29, 0.717) is 23.8 Å². The van der Waals surface area contributed by atoms with Gasteiger partial charge in [0.2, 0.25) is 11.8 Å². The van der Waals surface area contributed by atoms with E-state index in [2.05, 4.69) is 21.3 Å². The Morgan fingerprint density at radius 2 is 1.93 bits per heavy atom. The van der Waals surface area contributed by atoms with Crippen LogP contribution in [0.25, 0.3) is 0 Å². The number of amides is 4. The van der Waals surface area contributed by atoms with E-state index in [-0.39, 0.29) is 23.0 Å². The summed E-state index contributed by atoms with van der Waals surface area (Å²) < 4.78 is 0. The van der Waals surface area contributed by atoms with E-state index >= 15 is 0 Å². The molecule has 1 atom stereocenters. The van der Waals surface area contributed by atoms with Crippen LogP contribution in [0.2, 0.25) is 5.02 Å². The summed E-state index contributed by atoms with van der Waals surface area (Å²) >= 11 is 10.8. The third-order valence-corrected chi connectivity index (χ3v) is 4.67. The highest BCUT2D eigenvalue weighted by molar-refractivity contribution is 7.80. The third-order valence-electron chi connectivity index (χ3n) is 4.14. The van der Waals surface area contributed by atoms with Gasteiger partial charge in [0.25, 0.3) is 11.8 Å². The second-order valence-electron chi connectivity index (χ2n) is 6.06. The molecule has 2 aliphatic heterocycles. The third kappa shape index (κ3) is 4.46. The van der Waals surface area contributed by atoms with Gasteiger partial charge in [-0.15, -0.1) is 0 Å². The Hall–Kier alpha value is -2.98. The van der Waals surface area contributed by atoms with E-state index < -0.39 is 23.8 Å². The summed E-state index contributed by atoms with van der Waals surface area (Å²) in [7, 11) is 0. The fraction of sp³-hybridized carbons (Fsp3) is 0.235. The van der Waals surface area contributed by atoms with Crippen LogP contribution in [0.15, 0.2) is 36.0 Å². The lowest BCUT2D eigenvalue weighted by molar-refractivity contribution is -0.131. The van der Waals surface area contributed by atoms with Crippen LogP contribution in [0, 0.1) is 0 Å². The monoisotopic (exact) mass is 421 g/mol. The molecule has 2 fully saturated rings. The van der Waals surface area contributed by atoms with Crippen molar-refractivity contribution in [2.24, 2.45) is 0 Å². The van der Waals surface area contributed by atoms with Gasteiger partial charge in [-0.25, -0.2) is 0 Å². The zero-order valence-corrected chi connectivity index (χ0v) is 16.0. The maximum absolute atomic E-state index is 12.4. The molecule has 4 amide bonds. The summed E-state index contributed by atoms with van der Waals surface area (Å²) in [5.74, 6) is -2.15.